The molecule has 0 bridgehead atoms. The molecule has 0 radical (unpaired) electrons. The van der Waals surface area contributed by atoms with Crippen LogP contribution in [0, 0.1) is 32.1 Å². The summed E-state index contributed by atoms with van der Waals surface area (Å²) >= 11 is 0. The normalized spacial score (nSPS) is 11.4. The van der Waals surface area contributed by atoms with Gasteiger partial charge >= 0.3 is 0 Å². The van der Waals surface area contributed by atoms with Crippen LogP contribution >= 0.6 is 0 Å². The molecule has 4 nitrogen and oxygen atoms in total. The third-order valence-electron chi connectivity index (χ3n) is 3.43. The van der Waals surface area contributed by atoms with Crippen molar-refractivity contribution in [1.82, 2.24) is 0 Å². The van der Waals surface area contributed by atoms with Gasteiger partial charge in [-0.2, -0.15) is 5.26 Å². The van der Waals surface area contributed by atoms with Gasteiger partial charge in [0.2, 0.25) is 0 Å². The first kappa shape index (κ1) is 16.8. The number of rotatable bonds is 4. The molecule has 0 saturated heterocycles. The van der Waals surface area contributed by atoms with Gasteiger partial charge in [-0.1, -0.05) is 17.7 Å². The Balaban J connectivity index is 2.22. The summed E-state index contributed by atoms with van der Waals surface area (Å²) < 4.78 is 26.8. The van der Waals surface area contributed by atoms with E-state index in [4.69, 9.17) is 5.26 Å². The van der Waals surface area contributed by atoms with E-state index >= 15 is 0 Å². The van der Waals surface area contributed by atoms with E-state index in [2.05, 4.69) is 4.72 Å². The summed E-state index contributed by atoms with van der Waals surface area (Å²) in [6.07, 6.45) is 1.61. The van der Waals surface area contributed by atoms with Crippen LogP contribution in [0.15, 0.2) is 41.8 Å². The second-order valence-corrected chi connectivity index (χ2v) is 7.02. The smallest absolute Gasteiger partial charge is 0.255 e. The van der Waals surface area contributed by atoms with Crippen molar-refractivity contribution >= 4 is 21.8 Å². The molecule has 0 aliphatic rings. The minimum atomic E-state index is -3.61. The Morgan fingerprint density at radius 2 is 1.61 bits per heavy atom. The molecule has 0 saturated carbocycles. The summed E-state index contributed by atoms with van der Waals surface area (Å²) in [6.45, 7) is 5.93. The number of hydrogen-bond acceptors (Lipinski definition) is 3. The highest BCUT2D eigenvalue weighted by Crippen LogP contribution is 2.19. The number of nitriles is 1. The van der Waals surface area contributed by atoms with Crippen LogP contribution in [0.2, 0.25) is 0 Å². The third kappa shape index (κ3) is 4.44. The molecule has 23 heavy (non-hydrogen) atoms. The van der Waals surface area contributed by atoms with Crippen LogP contribution in [0.4, 0.5) is 5.69 Å². The quantitative estimate of drug-likeness (QED) is 0.926. The lowest BCUT2D eigenvalue weighted by Crippen LogP contribution is -2.08. The zero-order chi connectivity index (χ0) is 17.0. The third-order valence-corrected chi connectivity index (χ3v) is 4.44. The maximum Gasteiger partial charge on any atom is 0.255 e. The maximum absolute atomic E-state index is 12.2. The summed E-state index contributed by atoms with van der Waals surface area (Å²) in [7, 11) is -3.61. The molecular formula is C18H18N2O2S. The highest BCUT2D eigenvalue weighted by molar-refractivity contribution is 7.95. The molecule has 0 amide bonds. The summed E-state index contributed by atoms with van der Waals surface area (Å²) in [5.74, 6) is 0. The lowest BCUT2D eigenvalue weighted by molar-refractivity contribution is 0.609. The Morgan fingerprint density at radius 3 is 2.13 bits per heavy atom. The van der Waals surface area contributed by atoms with Crippen LogP contribution in [0.3, 0.4) is 0 Å². The summed E-state index contributed by atoms with van der Waals surface area (Å²) in [6, 6.07) is 12.3. The number of anilines is 1. The fraction of sp³-hybridized carbons (Fsp3) is 0.167. The van der Waals surface area contributed by atoms with Crippen molar-refractivity contribution in [3.63, 3.8) is 0 Å². The lowest BCUT2D eigenvalue weighted by atomic mass is 10.0. The van der Waals surface area contributed by atoms with E-state index in [0.717, 1.165) is 27.7 Å². The molecule has 0 unspecified atom stereocenters. The number of hydrogen-bond donors (Lipinski definition) is 1. The largest absolute Gasteiger partial charge is 0.280 e. The fourth-order valence-electron chi connectivity index (χ4n) is 2.42. The van der Waals surface area contributed by atoms with Gasteiger partial charge in [-0.25, -0.2) is 8.42 Å². The first-order valence-electron chi connectivity index (χ1n) is 7.09. The Hall–Kier alpha value is -2.58. The standard InChI is InChI=1S/C18H18N2O2S/c1-13-10-14(2)18(15(3)11-13)8-9-23(21,22)20-17-6-4-16(12-19)5-7-17/h4-11,20H,1-3H3. The number of nitrogens with one attached hydrogen (secondary N) is 1. The summed E-state index contributed by atoms with van der Waals surface area (Å²) in [4.78, 5) is 0. The van der Waals surface area contributed by atoms with Crippen molar-refractivity contribution in [2.45, 2.75) is 20.8 Å². The van der Waals surface area contributed by atoms with Crippen molar-refractivity contribution in [3.05, 3.63) is 69.6 Å². The van der Waals surface area contributed by atoms with E-state index in [1.54, 1.807) is 30.3 Å². The predicted molar refractivity (Wildman–Crippen MR) is 93.4 cm³/mol. The Bertz CT molecular complexity index is 867. The summed E-state index contributed by atoms with van der Waals surface area (Å²) in [5.41, 5.74) is 5.02. The molecule has 0 fully saturated rings. The van der Waals surface area contributed by atoms with Crippen LogP contribution in [-0.4, -0.2) is 8.42 Å². The second-order valence-electron chi connectivity index (χ2n) is 5.45. The van der Waals surface area contributed by atoms with E-state index in [1.807, 2.05) is 39.0 Å². The average molecular weight is 326 g/mol. The van der Waals surface area contributed by atoms with Crippen LogP contribution in [-0.2, 0) is 10.0 Å². The predicted octanol–water partition coefficient (Wildman–Crippen LogP) is 3.90. The van der Waals surface area contributed by atoms with Gasteiger partial charge in [-0.05, 0) is 67.8 Å². The van der Waals surface area contributed by atoms with Gasteiger partial charge in [-0.15, -0.1) is 0 Å². The Kier molecular flexibility index (Phi) is 4.87. The van der Waals surface area contributed by atoms with Gasteiger partial charge in [0, 0.05) is 5.69 Å². The van der Waals surface area contributed by atoms with Crippen LogP contribution in [0.5, 0.6) is 0 Å². The zero-order valence-corrected chi connectivity index (χ0v) is 14.1. The van der Waals surface area contributed by atoms with Gasteiger partial charge in [-0.3, -0.25) is 4.72 Å². The molecule has 0 heterocycles. The minimum Gasteiger partial charge on any atom is -0.280 e. The number of nitrogens with zero attached hydrogens (tertiary/aromatic N) is 1. The van der Waals surface area contributed by atoms with Gasteiger partial charge in [0.15, 0.2) is 0 Å². The molecule has 0 atom stereocenters. The van der Waals surface area contributed by atoms with Crippen molar-refractivity contribution in [1.29, 1.82) is 5.26 Å². The number of sulfonamides is 1. The first-order valence-corrected chi connectivity index (χ1v) is 8.64. The molecule has 1 N–H and O–H groups in total. The Morgan fingerprint density at radius 1 is 1.04 bits per heavy atom. The van der Waals surface area contributed by atoms with Crippen molar-refractivity contribution < 1.29 is 8.42 Å². The SMILES string of the molecule is Cc1cc(C)c(C=CS(=O)(=O)Nc2ccc(C#N)cc2)c(C)c1. The Labute approximate surface area is 137 Å². The highest BCUT2D eigenvalue weighted by Gasteiger charge is 2.07. The van der Waals surface area contributed by atoms with Crippen molar-refractivity contribution in [2.24, 2.45) is 0 Å². The van der Waals surface area contributed by atoms with Gasteiger partial charge in [0.1, 0.15) is 0 Å². The minimum absolute atomic E-state index is 0.422. The van der Waals surface area contributed by atoms with E-state index in [9.17, 15) is 8.42 Å². The van der Waals surface area contributed by atoms with Crippen LogP contribution < -0.4 is 4.72 Å². The molecule has 5 heteroatoms. The van der Waals surface area contributed by atoms with Crippen LogP contribution in [0.25, 0.3) is 6.08 Å². The first-order chi connectivity index (χ1) is 10.8. The zero-order valence-electron chi connectivity index (χ0n) is 13.3. The molecule has 2 aromatic carbocycles. The van der Waals surface area contributed by atoms with E-state index in [0.29, 0.717) is 11.3 Å². The topological polar surface area (TPSA) is 70.0 Å². The lowest BCUT2D eigenvalue weighted by Gasteiger charge is -2.08. The molecule has 0 aromatic heterocycles. The van der Waals surface area contributed by atoms with Crippen LogP contribution in [0.1, 0.15) is 27.8 Å². The highest BCUT2D eigenvalue weighted by atomic mass is 32.2. The molecule has 0 spiro atoms. The van der Waals surface area contributed by atoms with Crippen molar-refractivity contribution in [3.8, 4) is 6.07 Å². The van der Waals surface area contributed by atoms with E-state index in [1.165, 1.54) is 0 Å². The molecular weight excluding hydrogens is 308 g/mol. The summed E-state index contributed by atoms with van der Waals surface area (Å²) in [5, 5.41) is 9.91. The van der Waals surface area contributed by atoms with Gasteiger partial charge < -0.3 is 0 Å². The van der Waals surface area contributed by atoms with Gasteiger partial charge in [0.05, 0.1) is 17.0 Å². The number of benzene rings is 2. The molecule has 2 aromatic rings. The van der Waals surface area contributed by atoms with E-state index < -0.39 is 10.0 Å². The van der Waals surface area contributed by atoms with Crippen molar-refractivity contribution in [2.75, 3.05) is 4.72 Å². The molecule has 0 aliphatic carbocycles. The average Bonchev–Trinajstić information content (AvgIpc) is 2.46. The molecule has 118 valence electrons. The second kappa shape index (κ2) is 6.67. The molecule has 2 rings (SSSR count). The monoisotopic (exact) mass is 326 g/mol. The van der Waals surface area contributed by atoms with E-state index in [-0.39, 0.29) is 0 Å². The van der Waals surface area contributed by atoms with Gasteiger partial charge in [0.25, 0.3) is 10.0 Å². The number of aryl methyl sites for hydroxylation is 3. The maximum atomic E-state index is 12.2. The molecule has 0 aliphatic heterocycles. The fourth-order valence-corrected chi connectivity index (χ4v) is 3.27.